The molecule has 2 rings (SSSR count). The van der Waals surface area contributed by atoms with E-state index in [0.29, 0.717) is 30.3 Å². The van der Waals surface area contributed by atoms with E-state index in [-0.39, 0.29) is 0 Å². The van der Waals surface area contributed by atoms with Crippen molar-refractivity contribution >= 4 is 5.78 Å². The van der Waals surface area contributed by atoms with Crippen molar-refractivity contribution in [2.45, 2.75) is 32.3 Å². The van der Waals surface area contributed by atoms with Crippen molar-refractivity contribution in [1.29, 1.82) is 0 Å². The number of rotatable bonds is 4. The Hall–Kier alpha value is -0.410. The predicted octanol–water partition coefficient (Wildman–Crippen LogP) is 1.32. The van der Waals surface area contributed by atoms with E-state index >= 15 is 0 Å². The number of ether oxygens (including phenoxy) is 1. The van der Waals surface area contributed by atoms with Gasteiger partial charge in [0.05, 0.1) is 12.6 Å². The van der Waals surface area contributed by atoms with Crippen LogP contribution in [0.4, 0.5) is 0 Å². The van der Waals surface area contributed by atoms with Crippen LogP contribution in [0.15, 0.2) is 0 Å². The fourth-order valence-corrected chi connectivity index (χ4v) is 2.30. The van der Waals surface area contributed by atoms with Crippen LogP contribution < -0.4 is 0 Å². The predicted molar refractivity (Wildman–Crippen MR) is 58.7 cm³/mol. The van der Waals surface area contributed by atoms with Crippen molar-refractivity contribution < 1.29 is 9.53 Å². The lowest BCUT2D eigenvalue weighted by Crippen LogP contribution is -2.45. The zero-order valence-corrected chi connectivity index (χ0v) is 9.74. The molecule has 3 heteroatoms. The molecule has 0 radical (unpaired) electrons. The highest BCUT2D eigenvalue weighted by Gasteiger charge is 2.33. The Morgan fingerprint density at radius 2 is 2.13 bits per heavy atom. The third-order valence-electron chi connectivity index (χ3n) is 3.69. The van der Waals surface area contributed by atoms with E-state index in [1.54, 1.807) is 7.11 Å². The van der Waals surface area contributed by atoms with Crippen molar-refractivity contribution in [2.24, 2.45) is 11.8 Å². The molecule has 2 fully saturated rings. The van der Waals surface area contributed by atoms with Crippen LogP contribution in [0.2, 0.25) is 0 Å². The summed E-state index contributed by atoms with van der Waals surface area (Å²) in [5.74, 6) is 1.46. The second kappa shape index (κ2) is 4.62. The maximum atomic E-state index is 11.7. The fraction of sp³-hybridized carbons (Fsp3) is 0.917. The second-order valence-electron chi connectivity index (χ2n) is 5.02. The number of hydrogen-bond donors (Lipinski definition) is 0. The monoisotopic (exact) mass is 211 g/mol. The molecule has 15 heavy (non-hydrogen) atoms. The highest BCUT2D eigenvalue weighted by atomic mass is 16.5. The van der Waals surface area contributed by atoms with Gasteiger partial charge in [0.25, 0.3) is 0 Å². The Balaban J connectivity index is 1.80. The maximum absolute atomic E-state index is 11.7. The molecule has 0 spiro atoms. The number of Topliss-reactive ketones (excluding diaryl/α,β-unsaturated/α-hetero) is 1. The average Bonchev–Trinajstić information content (AvgIpc) is 3.04. The minimum absolute atomic E-state index is 0.311. The van der Waals surface area contributed by atoms with Crippen LogP contribution in [0.5, 0.6) is 0 Å². The summed E-state index contributed by atoms with van der Waals surface area (Å²) in [6, 6.07) is 0. The lowest BCUT2D eigenvalue weighted by atomic mass is 9.95. The molecule has 0 aromatic heterocycles. The van der Waals surface area contributed by atoms with Crippen LogP contribution in [0.25, 0.3) is 0 Å². The standard InChI is InChI=1S/C12H21NO2/c1-9-5-6-13(8-12(9)15-2)7-11(14)10-3-4-10/h9-10,12H,3-8H2,1-2H3. The largest absolute Gasteiger partial charge is 0.380 e. The smallest absolute Gasteiger partial charge is 0.149 e. The molecule has 2 unspecified atom stereocenters. The van der Waals surface area contributed by atoms with E-state index in [2.05, 4.69) is 11.8 Å². The van der Waals surface area contributed by atoms with Crippen molar-refractivity contribution in [2.75, 3.05) is 26.7 Å². The van der Waals surface area contributed by atoms with Gasteiger partial charge in [-0.15, -0.1) is 0 Å². The van der Waals surface area contributed by atoms with E-state index < -0.39 is 0 Å². The molecular weight excluding hydrogens is 190 g/mol. The fourth-order valence-electron chi connectivity index (χ4n) is 2.30. The van der Waals surface area contributed by atoms with Crippen LogP contribution in [-0.2, 0) is 9.53 Å². The molecule has 1 aliphatic heterocycles. The highest BCUT2D eigenvalue weighted by molar-refractivity contribution is 5.85. The van der Waals surface area contributed by atoms with Gasteiger partial charge >= 0.3 is 0 Å². The first-order chi connectivity index (χ1) is 7.20. The van der Waals surface area contributed by atoms with Crippen molar-refractivity contribution in [3.63, 3.8) is 0 Å². The number of nitrogens with zero attached hydrogens (tertiary/aromatic N) is 1. The van der Waals surface area contributed by atoms with E-state index in [4.69, 9.17) is 4.74 Å². The molecule has 2 aliphatic rings. The number of ketones is 1. The first kappa shape index (κ1) is 11.1. The topological polar surface area (TPSA) is 29.5 Å². The number of carbonyl (C=O) groups excluding carboxylic acids is 1. The summed E-state index contributed by atoms with van der Waals surface area (Å²) in [7, 11) is 1.77. The molecule has 1 aliphatic carbocycles. The van der Waals surface area contributed by atoms with Crippen LogP contribution in [0.1, 0.15) is 26.2 Å². The number of carbonyl (C=O) groups is 1. The lowest BCUT2D eigenvalue weighted by Gasteiger charge is -2.35. The van der Waals surface area contributed by atoms with E-state index in [1.165, 1.54) is 0 Å². The van der Waals surface area contributed by atoms with Gasteiger partial charge < -0.3 is 4.74 Å². The lowest BCUT2D eigenvalue weighted by molar-refractivity contribution is -0.122. The zero-order valence-electron chi connectivity index (χ0n) is 9.74. The van der Waals surface area contributed by atoms with Crippen molar-refractivity contribution in [3.8, 4) is 0 Å². The minimum Gasteiger partial charge on any atom is -0.380 e. The second-order valence-corrected chi connectivity index (χ2v) is 5.02. The Bertz CT molecular complexity index is 238. The summed E-state index contributed by atoms with van der Waals surface area (Å²) in [6.07, 6.45) is 3.70. The third-order valence-corrected chi connectivity index (χ3v) is 3.69. The normalized spacial score (nSPS) is 32.9. The molecule has 0 aromatic carbocycles. The Labute approximate surface area is 91.8 Å². The molecule has 0 aromatic rings. The van der Waals surface area contributed by atoms with Crippen molar-refractivity contribution in [1.82, 2.24) is 4.90 Å². The Kier molecular flexibility index (Phi) is 3.42. The number of hydrogen-bond acceptors (Lipinski definition) is 3. The van der Waals surface area contributed by atoms with Gasteiger partial charge in [-0.1, -0.05) is 6.92 Å². The van der Waals surface area contributed by atoms with Gasteiger partial charge in [-0.25, -0.2) is 0 Å². The minimum atomic E-state index is 0.311. The maximum Gasteiger partial charge on any atom is 0.149 e. The van der Waals surface area contributed by atoms with Gasteiger partial charge in [0.2, 0.25) is 0 Å². The van der Waals surface area contributed by atoms with E-state index in [9.17, 15) is 4.79 Å². The first-order valence-corrected chi connectivity index (χ1v) is 5.98. The van der Waals surface area contributed by atoms with Gasteiger partial charge in [0, 0.05) is 19.6 Å². The van der Waals surface area contributed by atoms with Crippen LogP contribution in [0.3, 0.4) is 0 Å². The molecule has 86 valence electrons. The quantitative estimate of drug-likeness (QED) is 0.702. The SMILES string of the molecule is COC1CN(CC(=O)C2CC2)CCC1C. The molecule has 0 N–H and O–H groups in total. The summed E-state index contributed by atoms with van der Waals surface area (Å²) in [5.41, 5.74) is 0. The Morgan fingerprint density at radius 1 is 1.40 bits per heavy atom. The number of methoxy groups -OCH3 is 1. The molecule has 2 atom stereocenters. The van der Waals surface area contributed by atoms with Crippen molar-refractivity contribution in [3.05, 3.63) is 0 Å². The highest BCUT2D eigenvalue weighted by Crippen LogP contribution is 2.30. The van der Waals surface area contributed by atoms with Gasteiger partial charge in [0.15, 0.2) is 0 Å². The average molecular weight is 211 g/mol. The van der Waals surface area contributed by atoms with Crippen LogP contribution >= 0.6 is 0 Å². The molecule has 1 saturated heterocycles. The number of piperidine rings is 1. The van der Waals surface area contributed by atoms with E-state index in [1.807, 2.05) is 0 Å². The molecular formula is C12H21NO2. The molecule has 1 heterocycles. The van der Waals surface area contributed by atoms with Gasteiger partial charge in [-0.3, -0.25) is 9.69 Å². The summed E-state index contributed by atoms with van der Waals surface area (Å²) in [6.45, 7) is 4.86. The summed E-state index contributed by atoms with van der Waals surface area (Å²) >= 11 is 0. The van der Waals surface area contributed by atoms with Crippen LogP contribution in [0, 0.1) is 11.8 Å². The molecule has 0 bridgehead atoms. The van der Waals surface area contributed by atoms with Gasteiger partial charge in [0.1, 0.15) is 5.78 Å². The first-order valence-electron chi connectivity index (χ1n) is 5.98. The summed E-state index contributed by atoms with van der Waals surface area (Å²) in [4.78, 5) is 13.9. The zero-order chi connectivity index (χ0) is 10.8. The van der Waals surface area contributed by atoms with Gasteiger partial charge in [-0.2, -0.15) is 0 Å². The summed E-state index contributed by atoms with van der Waals surface area (Å²) in [5, 5.41) is 0. The Morgan fingerprint density at radius 3 is 2.73 bits per heavy atom. The van der Waals surface area contributed by atoms with Gasteiger partial charge in [-0.05, 0) is 31.7 Å². The molecule has 0 amide bonds. The van der Waals surface area contributed by atoms with E-state index in [0.717, 1.165) is 32.4 Å². The number of likely N-dealkylation sites (tertiary alicyclic amines) is 1. The molecule has 1 saturated carbocycles. The van der Waals surface area contributed by atoms with Crippen LogP contribution in [-0.4, -0.2) is 43.5 Å². The molecule has 3 nitrogen and oxygen atoms in total. The third kappa shape index (κ3) is 2.79. The summed E-state index contributed by atoms with van der Waals surface area (Å²) < 4.78 is 5.44.